The van der Waals surface area contributed by atoms with Crippen LogP contribution >= 0.6 is 0 Å². The van der Waals surface area contributed by atoms with Gasteiger partial charge in [-0.1, -0.05) is 161 Å². The monoisotopic (exact) mass is 879 g/mol. The lowest BCUT2D eigenvalue weighted by atomic mass is 9.99. The molecule has 0 aliphatic carbocycles. The Morgan fingerprint density at radius 1 is 0.492 bits per heavy atom. The fourth-order valence-corrected chi connectivity index (χ4v) is 6.20. The zero-order valence-electron chi connectivity index (χ0n) is 38.5. The van der Waals surface area contributed by atoms with E-state index in [2.05, 4.69) is 123 Å². The zero-order valence-corrected chi connectivity index (χ0v) is 38.5. The highest BCUT2D eigenvalue weighted by Crippen LogP contribution is 2.22. The Kier molecular flexibility index (Phi) is 38.1. The van der Waals surface area contributed by atoms with Crippen LogP contribution in [0.15, 0.2) is 122 Å². The number of carbonyl (C=O) groups excluding carboxylic acids is 2. The average Bonchev–Trinajstić information content (AvgIpc) is 3.28. The zero-order chi connectivity index (χ0) is 45.9. The minimum Gasteiger partial charge on any atom is -0.462 e. The lowest BCUT2D eigenvalue weighted by molar-refractivity contribution is -0.305. The molecule has 63 heavy (non-hydrogen) atoms. The van der Waals surface area contributed by atoms with Crippen molar-refractivity contribution in [3.63, 3.8) is 0 Å². The summed E-state index contributed by atoms with van der Waals surface area (Å²) >= 11 is 0. The average molecular weight is 879 g/mol. The number of hydrogen-bond acceptors (Lipinski definition) is 10. The summed E-state index contributed by atoms with van der Waals surface area (Å²) < 4.78 is 22.1. The van der Waals surface area contributed by atoms with E-state index in [4.69, 9.17) is 18.9 Å². The molecule has 354 valence electrons. The molecule has 1 aliphatic rings. The van der Waals surface area contributed by atoms with Gasteiger partial charge in [0.1, 0.15) is 31.0 Å². The molecule has 6 unspecified atom stereocenters. The van der Waals surface area contributed by atoms with Crippen molar-refractivity contribution in [1.29, 1.82) is 0 Å². The largest absolute Gasteiger partial charge is 0.462 e. The Morgan fingerprint density at radius 2 is 0.921 bits per heavy atom. The Bertz CT molecular complexity index is 1430. The maximum atomic E-state index is 12.8. The quantitative estimate of drug-likeness (QED) is 0.0270. The summed E-state index contributed by atoms with van der Waals surface area (Å²) in [6, 6.07) is 0. The maximum Gasteiger partial charge on any atom is 0.306 e. The molecule has 1 fully saturated rings. The summed E-state index contributed by atoms with van der Waals surface area (Å²) in [5, 5.41) is 40.1. The van der Waals surface area contributed by atoms with E-state index in [9.17, 15) is 30.0 Å². The predicted molar refractivity (Wildman–Crippen MR) is 256 cm³/mol. The van der Waals surface area contributed by atoms with Crippen LogP contribution in [0, 0.1) is 0 Å². The van der Waals surface area contributed by atoms with Crippen molar-refractivity contribution in [2.45, 2.75) is 179 Å². The van der Waals surface area contributed by atoms with Crippen LogP contribution in [0.5, 0.6) is 0 Å². The van der Waals surface area contributed by atoms with Gasteiger partial charge < -0.3 is 39.4 Å². The highest BCUT2D eigenvalue weighted by molar-refractivity contribution is 5.70. The molecule has 1 saturated heterocycles. The number of carbonyl (C=O) groups is 2. The van der Waals surface area contributed by atoms with Gasteiger partial charge in [-0.05, 0) is 89.9 Å². The first-order valence-corrected chi connectivity index (χ1v) is 23.6. The molecule has 0 radical (unpaired) electrons. The van der Waals surface area contributed by atoms with Crippen molar-refractivity contribution < 1.29 is 49.0 Å². The lowest BCUT2D eigenvalue weighted by Gasteiger charge is -2.39. The molecule has 10 heteroatoms. The van der Waals surface area contributed by atoms with Crippen molar-refractivity contribution in [2.24, 2.45) is 0 Å². The van der Waals surface area contributed by atoms with Crippen molar-refractivity contribution in [3.05, 3.63) is 122 Å². The number of unbranched alkanes of at least 4 members (excludes halogenated alkanes) is 6. The van der Waals surface area contributed by atoms with Crippen LogP contribution in [0.1, 0.15) is 142 Å². The van der Waals surface area contributed by atoms with E-state index >= 15 is 0 Å². The van der Waals surface area contributed by atoms with Gasteiger partial charge in [0.2, 0.25) is 0 Å². The van der Waals surface area contributed by atoms with Crippen LogP contribution in [-0.2, 0) is 28.5 Å². The molecular weight excluding hydrogens is 797 g/mol. The van der Waals surface area contributed by atoms with Gasteiger partial charge in [0.05, 0.1) is 13.2 Å². The van der Waals surface area contributed by atoms with E-state index in [1.54, 1.807) is 0 Å². The number of hydrogen-bond donors (Lipinski definition) is 4. The molecule has 0 aromatic heterocycles. The normalized spacial score (nSPS) is 20.6. The number of aliphatic hydroxyl groups is 4. The van der Waals surface area contributed by atoms with Gasteiger partial charge in [0.15, 0.2) is 12.4 Å². The second-order valence-electron chi connectivity index (χ2n) is 15.4. The van der Waals surface area contributed by atoms with Gasteiger partial charge in [-0.15, -0.1) is 0 Å². The van der Waals surface area contributed by atoms with Crippen LogP contribution < -0.4 is 0 Å². The predicted octanol–water partition coefficient (Wildman–Crippen LogP) is 10.7. The SMILES string of the molecule is CC/C=C\C/C=C\C/C=C\C/C=C\C/C=C\C/C=C\CCC(=O)OC(COC(=O)CCCCCCCC/C=C\C/C=C\C/C=C\C/C=C\CC)COC1OC(CO)C(O)C(O)C1O. The Morgan fingerprint density at radius 3 is 1.40 bits per heavy atom. The Labute approximate surface area is 380 Å². The van der Waals surface area contributed by atoms with Crippen LogP contribution in [0.2, 0.25) is 0 Å². The number of allylic oxidation sites excluding steroid dienone is 20. The second kappa shape index (κ2) is 42.1. The molecule has 0 spiro atoms. The van der Waals surface area contributed by atoms with Crippen molar-refractivity contribution in [2.75, 3.05) is 19.8 Å². The summed E-state index contributed by atoms with van der Waals surface area (Å²) in [6.45, 7) is 3.08. The molecule has 6 atom stereocenters. The molecule has 0 amide bonds. The molecule has 0 bridgehead atoms. The van der Waals surface area contributed by atoms with Crippen LogP contribution in [0.3, 0.4) is 0 Å². The fraction of sp³-hybridized carbons (Fsp3) is 0.585. The first-order chi connectivity index (χ1) is 30.8. The molecule has 1 aliphatic heterocycles. The van der Waals surface area contributed by atoms with E-state index in [0.717, 1.165) is 103 Å². The van der Waals surface area contributed by atoms with Crippen molar-refractivity contribution in [3.8, 4) is 0 Å². The van der Waals surface area contributed by atoms with Crippen LogP contribution in [0.4, 0.5) is 0 Å². The number of esters is 2. The van der Waals surface area contributed by atoms with E-state index in [1.807, 2.05) is 12.2 Å². The molecule has 0 aromatic rings. The third kappa shape index (κ3) is 33.3. The minimum absolute atomic E-state index is 0.0934. The van der Waals surface area contributed by atoms with E-state index in [1.165, 1.54) is 0 Å². The smallest absolute Gasteiger partial charge is 0.306 e. The minimum atomic E-state index is -1.62. The first-order valence-electron chi connectivity index (χ1n) is 23.6. The summed E-state index contributed by atoms with van der Waals surface area (Å²) in [7, 11) is 0. The highest BCUT2D eigenvalue weighted by Gasteiger charge is 2.44. The summed E-state index contributed by atoms with van der Waals surface area (Å²) in [6.07, 6.45) is 52.1. The van der Waals surface area contributed by atoms with E-state index < -0.39 is 55.4 Å². The number of rotatable bonds is 37. The third-order valence-electron chi connectivity index (χ3n) is 9.86. The number of ether oxygens (including phenoxy) is 4. The van der Waals surface area contributed by atoms with E-state index in [0.29, 0.717) is 12.8 Å². The molecule has 0 saturated carbocycles. The molecule has 10 nitrogen and oxygen atoms in total. The van der Waals surface area contributed by atoms with Gasteiger partial charge in [-0.25, -0.2) is 0 Å². The van der Waals surface area contributed by atoms with E-state index in [-0.39, 0.29) is 26.1 Å². The van der Waals surface area contributed by atoms with Gasteiger partial charge in [0, 0.05) is 12.8 Å². The van der Waals surface area contributed by atoms with Crippen LogP contribution in [-0.4, -0.2) is 89.0 Å². The van der Waals surface area contributed by atoms with Crippen LogP contribution in [0.25, 0.3) is 0 Å². The standard InChI is InChI=1S/C53H82O10/c1-3-5-7-9-11-13-15-17-19-21-23-25-27-29-31-33-35-37-39-41-48(55)60-44-46(45-61-53-52(59)51(58)50(57)47(43-54)63-53)62-49(56)42-40-38-36-34-32-30-28-26-24-22-20-18-16-14-12-10-8-6-4-2/h5-8,11-14,17-20,23-26,30,32,36,38,46-47,50-54,57-59H,3-4,9-10,15-16,21-22,27-29,31,33-35,37,39-45H2,1-2H3/b7-5-,8-6-,13-11-,14-12-,19-17-,20-18-,25-23-,26-24-,32-30-,38-36-. The third-order valence-corrected chi connectivity index (χ3v) is 9.86. The fourth-order valence-electron chi connectivity index (χ4n) is 6.20. The lowest BCUT2D eigenvalue weighted by Crippen LogP contribution is -2.59. The number of aliphatic hydroxyl groups excluding tert-OH is 4. The Balaban J connectivity index is 2.39. The van der Waals surface area contributed by atoms with Gasteiger partial charge in [-0.3, -0.25) is 9.59 Å². The highest BCUT2D eigenvalue weighted by atomic mass is 16.7. The summed E-state index contributed by atoms with van der Waals surface area (Å²) in [5.41, 5.74) is 0. The second-order valence-corrected chi connectivity index (χ2v) is 15.4. The maximum absolute atomic E-state index is 12.8. The summed E-state index contributed by atoms with van der Waals surface area (Å²) in [4.78, 5) is 25.4. The van der Waals surface area contributed by atoms with Gasteiger partial charge >= 0.3 is 11.9 Å². The summed E-state index contributed by atoms with van der Waals surface area (Å²) in [5.74, 6) is -0.934. The van der Waals surface area contributed by atoms with Crippen molar-refractivity contribution >= 4 is 11.9 Å². The van der Waals surface area contributed by atoms with Gasteiger partial charge in [0.25, 0.3) is 0 Å². The first kappa shape index (κ1) is 57.1. The topological polar surface area (TPSA) is 152 Å². The molecule has 4 N–H and O–H groups in total. The molecule has 1 heterocycles. The van der Waals surface area contributed by atoms with Crippen molar-refractivity contribution in [1.82, 2.24) is 0 Å². The molecular formula is C53H82O10. The molecule has 0 aromatic carbocycles. The molecule has 1 rings (SSSR count). The Hall–Kier alpha value is -3.90. The van der Waals surface area contributed by atoms with Gasteiger partial charge in [-0.2, -0.15) is 0 Å².